The van der Waals surface area contributed by atoms with Gasteiger partial charge in [-0.1, -0.05) is 30.7 Å². The van der Waals surface area contributed by atoms with E-state index in [0.717, 1.165) is 32.1 Å². The van der Waals surface area contributed by atoms with Crippen molar-refractivity contribution in [1.82, 2.24) is 5.32 Å². The van der Waals surface area contributed by atoms with E-state index >= 15 is 0 Å². The van der Waals surface area contributed by atoms with Crippen LogP contribution in [0.1, 0.15) is 36.8 Å². The van der Waals surface area contributed by atoms with E-state index in [1.807, 2.05) is 12.1 Å². The molecule has 1 aromatic carbocycles. The molecule has 21 heavy (non-hydrogen) atoms. The maximum absolute atomic E-state index is 12.4. The number of fused-ring (bicyclic) bond motifs is 1. The third-order valence-corrected chi connectivity index (χ3v) is 4.88. The number of hydrogen-bond donors (Lipinski definition) is 2. The quantitative estimate of drug-likeness (QED) is 0.895. The topological polar surface area (TPSA) is 66.4 Å². The van der Waals surface area contributed by atoms with Crippen molar-refractivity contribution >= 4 is 11.9 Å². The van der Waals surface area contributed by atoms with E-state index in [4.69, 9.17) is 0 Å². The van der Waals surface area contributed by atoms with Crippen LogP contribution in [0.5, 0.6) is 0 Å². The van der Waals surface area contributed by atoms with Gasteiger partial charge in [-0.05, 0) is 43.2 Å². The minimum Gasteiger partial charge on any atom is -0.481 e. The lowest BCUT2D eigenvalue weighted by molar-refractivity contribution is -0.142. The molecule has 3 rings (SSSR count). The fourth-order valence-corrected chi connectivity index (χ4v) is 3.65. The predicted molar refractivity (Wildman–Crippen MR) is 78.9 cm³/mol. The van der Waals surface area contributed by atoms with E-state index < -0.39 is 11.9 Å². The molecular formula is C17H21NO3. The lowest BCUT2D eigenvalue weighted by atomic mass is 9.83. The van der Waals surface area contributed by atoms with Crippen LogP contribution in [0.25, 0.3) is 0 Å². The average molecular weight is 287 g/mol. The summed E-state index contributed by atoms with van der Waals surface area (Å²) in [6, 6.07) is 8.07. The van der Waals surface area contributed by atoms with Crippen molar-refractivity contribution in [2.75, 3.05) is 0 Å². The van der Waals surface area contributed by atoms with Crippen molar-refractivity contribution in [2.45, 2.75) is 44.6 Å². The number of carbonyl (C=O) groups is 2. The highest BCUT2D eigenvalue weighted by Crippen LogP contribution is 2.28. The minimum absolute atomic E-state index is 0.0186. The molecule has 3 unspecified atom stereocenters. The Morgan fingerprint density at radius 1 is 1.10 bits per heavy atom. The molecule has 1 fully saturated rings. The smallest absolute Gasteiger partial charge is 0.308 e. The third-order valence-electron chi connectivity index (χ3n) is 4.88. The number of carboxylic acid groups (broad SMARTS) is 1. The van der Waals surface area contributed by atoms with Gasteiger partial charge >= 0.3 is 5.97 Å². The summed E-state index contributed by atoms with van der Waals surface area (Å²) < 4.78 is 0. The van der Waals surface area contributed by atoms with Crippen molar-refractivity contribution in [3.8, 4) is 0 Å². The summed E-state index contributed by atoms with van der Waals surface area (Å²) in [6.07, 6.45) is 4.90. The van der Waals surface area contributed by atoms with Crippen LogP contribution in [0, 0.1) is 11.8 Å². The van der Waals surface area contributed by atoms with Gasteiger partial charge in [0.05, 0.1) is 5.92 Å². The van der Waals surface area contributed by atoms with Gasteiger partial charge in [0.15, 0.2) is 0 Å². The zero-order chi connectivity index (χ0) is 14.8. The van der Waals surface area contributed by atoms with Crippen molar-refractivity contribution < 1.29 is 14.7 Å². The second kappa shape index (κ2) is 5.88. The van der Waals surface area contributed by atoms with E-state index in [1.165, 1.54) is 11.1 Å². The molecule has 1 amide bonds. The number of amides is 1. The molecule has 0 spiro atoms. The molecule has 0 aliphatic heterocycles. The zero-order valence-electron chi connectivity index (χ0n) is 12.0. The van der Waals surface area contributed by atoms with Gasteiger partial charge in [0.1, 0.15) is 0 Å². The van der Waals surface area contributed by atoms with Gasteiger partial charge in [-0.2, -0.15) is 0 Å². The number of carbonyl (C=O) groups excluding carboxylic acids is 1. The molecule has 0 saturated heterocycles. The van der Waals surface area contributed by atoms with Crippen LogP contribution in [0.4, 0.5) is 0 Å². The summed E-state index contributed by atoms with van der Waals surface area (Å²) in [7, 11) is 0. The van der Waals surface area contributed by atoms with Crippen molar-refractivity contribution in [3.05, 3.63) is 35.4 Å². The zero-order valence-corrected chi connectivity index (χ0v) is 12.0. The molecule has 0 aromatic heterocycles. The maximum atomic E-state index is 12.4. The Kier molecular flexibility index (Phi) is 3.95. The van der Waals surface area contributed by atoms with E-state index in [1.54, 1.807) is 0 Å². The van der Waals surface area contributed by atoms with Crippen LogP contribution in [-0.4, -0.2) is 23.0 Å². The van der Waals surface area contributed by atoms with Crippen molar-refractivity contribution in [3.63, 3.8) is 0 Å². The Morgan fingerprint density at radius 2 is 1.86 bits per heavy atom. The van der Waals surface area contributed by atoms with Crippen LogP contribution in [-0.2, 0) is 22.4 Å². The number of nitrogens with one attached hydrogen (secondary N) is 1. The maximum Gasteiger partial charge on any atom is 0.308 e. The summed E-state index contributed by atoms with van der Waals surface area (Å²) in [5.41, 5.74) is 2.59. The number of rotatable bonds is 3. The lowest BCUT2D eigenvalue weighted by Gasteiger charge is -2.26. The summed E-state index contributed by atoms with van der Waals surface area (Å²) >= 11 is 0. The molecule has 3 atom stereocenters. The highest BCUT2D eigenvalue weighted by molar-refractivity contribution is 5.81. The first-order chi connectivity index (χ1) is 10.1. The first-order valence-electron chi connectivity index (χ1n) is 7.75. The Morgan fingerprint density at radius 3 is 2.62 bits per heavy atom. The molecule has 0 bridgehead atoms. The molecule has 2 aliphatic carbocycles. The lowest BCUT2D eigenvalue weighted by Crippen LogP contribution is -2.44. The Bertz CT molecular complexity index is 555. The molecule has 0 radical (unpaired) electrons. The van der Waals surface area contributed by atoms with Gasteiger partial charge in [0.2, 0.25) is 5.91 Å². The van der Waals surface area contributed by atoms with Gasteiger partial charge in [-0.15, -0.1) is 0 Å². The number of aryl methyl sites for hydroxylation is 1. The number of hydrogen-bond acceptors (Lipinski definition) is 2. The van der Waals surface area contributed by atoms with Crippen LogP contribution in [0.15, 0.2) is 24.3 Å². The van der Waals surface area contributed by atoms with Crippen LogP contribution >= 0.6 is 0 Å². The summed E-state index contributed by atoms with van der Waals surface area (Å²) in [4.78, 5) is 23.6. The third kappa shape index (κ3) is 2.94. The summed E-state index contributed by atoms with van der Waals surface area (Å²) in [6.45, 7) is 0. The number of aliphatic carboxylic acids is 1. The Labute approximate surface area is 124 Å². The molecule has 4 heteroatoms. The van der Waals surface area contributed by atoms with E-state index in [9.17, 15) is 14.7 Å². The predicted octanol–water partition coefficient (Wildman–Crippen LogP) is 2.16. The van der Waals surface area contributed by atoms with Gasteiger partial charge in [-0.3, -0.25) is 9.59 Å². The number of carboxylic acids is 1. The second-order valence-corrected chi connectivity index (χ2v) is 6.20. The highest BCUT2D eigenvalue weighted by atomic mass is 16.4. The van der Waals surface area contributed by atoms with Crippen LogP contribution in [0.3, 0.4) is 0 Å². The number of benzene rings is 1. The first-order valence-corrected chi connectivity index (χ1v) is 7.75. The van der Waals surface area contributed by atoms with E-state index in [2.05, 4.69) is 17.4 Å². The van der Waals surface area contributed by atoms with Crippen molar-refractivity contribution in [2.24, 2.45) is 11.8 Å². The first kappa shape index (κ1) is 14.1. The molecule has 4 nitrogen and oxygen atoms in total. The largest absolute Gasteiger partial charge is 0.481 e. The second-order valence-electron chi connectivity index (χ2n) is 6.20. The van der Waals surface area contributed by atoms with Gasteiger partial charge in [0.25, 0.3) is 0 Å². The fraction of sp³-hybridized carbons (Fsp3) is 0.529. The Hall–Kier alpha value is -1.84. The summed E-state index contributed by atoms with van der Waals surface area (Å²) in [5, 5.41) is 12.2. The molecule has 1 saturated carbocycles. The fourth-order valence-electron chi connectivity index (χ4n) is 3.65. The van der Waals surface area contributed by atoms with Crippen molar-refractivity contribution in [1.29, 1.82) is 0 Å². The van der Waals surface area contributed by atoms with E-state index in [0.29, 0.717) is 6.42 Å². The molecule has 112 valence electrons. The van der Waals surface area contributed by atoms with Gasteiger partial charge < -0.3 is 10.4 Å². The minimum atomic E-state index is -0.785. The highest BCUT2D eigenvalue weighted by Gasteiger charge is 2.35. The van der Waals surface area contributed by atoms with Crippen LogP contribution < -0.4 is 5.32 Å². The standard InChI is InChI=1S/C17H21NO3/c19-16(18-15-7-3-6-14(15)17(20)21)13-9-8-11-4-1-2-5-12(11)10-13/h1-2,4-5,13-15H,3,6-10H2,(H,18,19)(H,20,21). The molecule has 2 N–H and O–H groups in total. The van der Waals surface area contributed by atoms with Gasteiger partial charge in [-0.25, -0.2) is 0 Å². The average Bonchev–Trinajstić information content (AvgIpc) is 2.95. The normalized spacial score (nSPS) is 27.9. The monoisotopic (exact) mass is 287 g/mol. The van der Waals surface area contributed by atoms with E-state index in [-0.39, 0.29) is 17.9 Å². The molecule has 0 heterocycles. The summed E-state index contributed by atoms with van der Waals surface area (Å²) in [5.74, 6) is -1.19. The Balaban J connectivity index is 1.63. The molecule has 2 aliphatic rings. The molecular weight excluding hydrogens is 266 g/mol. The van der Waals surface area contributed by atoms with Gasteiger partial charge in [0, 0.05) is 12.0 Å². The molecule has 1 aromatic rings. The SMILES string of the molecule is O=C(NC1CCCC1C(=O)O)C1CCc2ccccc2C1. The van der Waals surface area contributed by atoms with Crippen LogP contribution in [0.2, 0.25) is 0 Å².